The van der Waals surface area contributed by atoms with Gasteiger partial charge in [-0.2, -0.15) is 4.85 Å². The van der Waals surface area contributed by atoms with Crippen LogP contribution in [0.5, 0.6) is 23.0 Å². The number of benzene rings is 8. The van der Waals surface area contributed by atoms with E-state index < -0.39 is 5.88 Å². The molecular formula is C61H51N3O4. The Morgan fingerprint density at radius 1 is 0.412 bits per heavy atom. The monoisotopic (exact) mass is 889 g/mol. The zero-order valence-electron chi connectivity index (χ0n) is 38.5. The smallest absolute Gasteiger partial charge is 0.346 e. The van der Waals surface area contributed by atoms with Crippen LogP contribution < -0.4 is 19.3 Å². The molecule has 0 atom stereocenters. The lowest BCUT2D eigenvalue weighted by Gasteiger charge is -2.35. The molecule has 0 spiro atoms. The molecule has 1 heterocycles. The van der Waals surface area contributed by atoms with E-state index in [-0.39, 0.29) is 16.4 Å². The highest BCUT2D eigenvalue weighted by molar-refractivity contribution is 5.73. The fraction of sp³-hybridized carbons (Fsp3) is 0.0984. The van der Waals surface area contributed by atoms with E-state index >= 15 is 0 Å². The summed E-state index contributed by atoms with van der Waals surface area (Å²) >= 11 is 0. The molecule has 7 nitrogen and oxygen atoms in total. The van der Waals surface area contributed by atoms with Gasteiger partial charge in [0.1, 0.15) is 23.0 Å². The summed E-state index contributed by atoms with van der Waals surface area (Å²) in [6.45, 7) is 16.8. The normalized spacial score (nSPS) is 12.4. The number of allylic oxidation sites excluding steroid dienone is 3. The van der Waals surface area contributed by atoms with Crippen molar-refractivity contribution in [2.45, 2.75) is 38.5 Å². The molecule has 0 saturated heterocycles. The molecule has 1 aliphatic rings. The standard InChI is InChI=1S/C61H51N3O4/c1-60(2,45-18-10-6-11-19-45)47-26-30-49(31-27-47)63(51-34-38-55(39-35-51)66-53-22-14-8-15-23-53)57-42-44(59(65)62-5)43-58(68-57)64(52-36-40-56(41-37-52)67-54-24-16-9-17-25-54)50-32-28-48(29-33-50)61(3,4)46-20-12-7-13-21-46/h6-43,65H,1-4H3. The van der Waals surface area contributed by atoms with Gasteiger partial charge in [-0.05, 0) is 131 Å². The molecule has 7 heteroatoms. The molecule has 8 aromatic carbocycles. The number of nitrogens with zero attached hydrogens (tertiary/aromatic N) is 3. The van der Waals surface area contributed by atoms with Crippen LogP contribution in [0.3, 0.4) is 0 Å². The van der Waals surface area contributed by atoms with Crippen LogP contribution in [-0.2, 0) is 15.6 Å². The van der Waals surface area contributed by atoms with Crippen LogP contribution in [0, 0.1) is 6.57 Å². The summed E-state index contributed by atoms with van der Waals surface area (Å²) in [4.78, 5) is 7.46. The SMILES string of the molecule is [C-]#[N+]C(O)=C1C=C(N(c2ccc(Oc3ccccc3)cc2)c2ccc(C(C)(C)c3ccccc3)cc2)OC(N(c2ccc(Oc3ccccc3)cc2)c2ccc(C(C)(C)c3ccccc3)cc2)=C1. The Kier molecular flexibility index (Phi) is 12.7. The van der Waals surface area contributed by atoms with Crippen LogP contribution >= 0.6 is 0 Å². The van der Waals surface area contributed by atoms with Gasteiger partial charge in [0.05, 0.1) is 6.57 Å². The number of rotatable bonds is 14. The molecule has 0 fully saturated rings. The number of aliphatic hydroxyl groups excluding tert-OH is 1. The van der Waals surface area contributed by atoms with E-state index in [9.17, 15) is 5.11 Å². The van der Waals surface area contributed by atoms with E-state index in [1.807, 2.05) is 131 Å². The summed E-state index contributed by atoms with van der Waals surface area (Å²) in [6, 6.07) is 72.6. The van der Waals surface area contributed by atoms with Gasteiger partial charge in [-0.25, -0.2) is 0 Å². The van der Waals surface area contributed by atoms with Crippen LogP contribution in [-0.4, -0.2) is 5.11 Å². The lowest BCUT2D eigenvalue weighted by Crippen LogP contribution is -2.27. The summed E-state index contributed by atoms with van der Waals surface area (Å²) in [5, 5.41) is 11.3. The first-order valence-electron chi connectivity index (χ1n) is 22.6. The van der Waals surface area contributed by atoms with Gasteiger partial charge in [0.2, 0.25) is 11.8 Å². The molecule has 334 valence electrons. The van der Waals surface area contributed by atoms with E-state index in [1.54, 1.807) is 12.2 Å². The Hall–Kier alpha value is -8.73. The third-order valence-corrected chi connectivity index (χ3v) is 12.4. The minimum absolute atomic E-state index is 0.275. The fourth-order valence-corrected chi connectivity index (χ4v) is 8.37. The lowest BCUT2D eigenvalue weighted by molar-refractivity contribution is 0.288. The molecule has 0 saturated carbocycles. The maximum Gasteiger partial charge on any atom is 0.346 e. The largest absolute Gasteiger partial charge is 0.532 e. The lowest BCUT2D eigenvalue weighted by atomic mass is 9.78. The van der Waals surface area contributed by atoms with Gasteiger partial charge in [0.25, 0.3) is 0 Å². The van der Waals surface area contributed by atoms with Crippen LogP contribution in [0.25, 0.3) is 4.85 Å². The van der Waals surface area contributed by atoms with Crippen LogP contribution in [0.2, 0.25) is 0 Å². The molecular weight excluding hydrogens is 839 g/mol. The number of hydrogen-bond acceptors (Lipinski definition) is 6. The number of anilines is 4. The van der Waals surface area contributed by atoms with Crippen molar-refractivity contribution in [3.63, 3.8) is 0 Å². The van der Waals surface area contributed by atoms with Gasteiger partial charge in [-0.3, -0.25) is 9.80 Å². The summed E-state index contributed by atoms with van der Waals surface area (Å²) in [5.41, 5.74) is 7.51. The molecule has 0 unspecified atom stereocenters. The van der Waals surface area contributed by atoms with Crippen molar-refractivity contribution in [3.8, 4) is 23.0 Å². The van der Waals surface area contributed by atoms with Crippen molar-refractivity contribution in [2.75, 3.05) is 9.80 Å². The van der Waals surface area contributed by atoms with E-state index in [0.717, 1.165) is 45.4 Å². The summed E-state index contributed by atoms with van der Waals surface area (Å²) in [7, 11) is 0. The minimum atomic E-state index is -0.471. The molecule has 1 N–H and O–H groups in total. The number of hydrogen-bond donors (Lipinski definition) is 1. The Morgan fingerprint density at radius 3 is 1.01 bits per heavy atom. The molecule has 0 radical (unpaired) electrons. The quantitative estimate of drug-likeness (QED) is 0.0867. The molecule has 0 amide bonds. The Labute approximate surface area is 399 Å². The average Bonchev–Trinajstić information content (AvgIpc) is 3.39. The first-order valence-corrected chi connectivity index (χ1v) is 22.6. The predicted octanol–water partition coefficient (Wildman–Crippen LogP) is 16.3. The number of ether oxygens (including phenoxy) is 3. The number of aliphatic hydroxyl groups is 1. The highest BCUT2D eigenvalue weighted by Crippen LogP contribution is 2.42. The Balaban J connectivity index is 1.14. The number of para-hydroxylation sites is 2. The molecule has 8 aromatic rings. The van der Waals surface area contributed by atoms with Crippen molar-refractivity contribution in [1.82, 2.24) is 0 Å². The highest BCUT2D eigenvalue weighted by Gasteiger charge is 2.30. The first-order chi connectivity index (χ1) is 33.1. The first kappa shape index (κ1) is 44.5. The summed E-state index contributed by atoms with van der Waals surface area (Å²) in [6.07, 6.45) is 3.40. The molecule has 9 rings (SSSR count). The van der Waals surface area contributed by atoms with Crippen molar-refractivity contribution >= 4 is 22.7 Å². The molecule has 1 aliphatic heterocycles. The van der Waals surface area contributed by atoms with Crippen molar-refractivity contribution < 1.29 is 19.3 Å². The molecule has 0 aromatic heterocycles. The summed E-state index contributed by atoms with van der Waals surface area (Å²) < 4.78 is 19.5. The van der Waals surface area contributed by atoms with Crippen molar-refractivity contribution in [3.05, 3.63) is 287 Å². The van der Waals surface area contributed by atoms with Crippen LogP contribution in [0.4, 0.5) is 22.7 Å². The second-order valence-corrected chi connectivity index (χ2v) is 17.5. The second kappa shape index (κ2) is 19.4. The zero-order chi connectivity index (χ0) is 47.1. The van der Waals surface area contributed by atoms with Gasteiger partial charge < -0.3 is 19.3 Å². The predicted molar refractivity (Wildman–Crippen MR) is 274 cm³/mol. The third kappa shape index (κ3) is 9.62. The highest BCUT2D eigenvalue weighted by atomic mass is 16.5. The fourth-order valence-electron chi connectivity index (χ4n) is 8.37. The maximum absolute atomic E-state index is 11.3. The second-order valence-electron chi connectivity index (χ2n) is 17.5. The minimum Gasteiger partial charge on any atom is -0.532 e. The van der Waals surface area contributed by atoms with Gasteiger partial charge in [0.15, 0.2) is 0 Å². The topological polar surface area (TPSA) is 58.8 Å². The Bertz CT molecular complexity index is 2900. The molecule has 0 bridgehead atoms. The van der Waals surface area contributed by atoms with Crippen molar-refractivity contribution in [2.24, 2.45) is 0 Å². The average molecular weight is 890 g/mol. The maximum atomic E-state index is 11.3. The van der Waals surface area contributed by atoms with Crippen LogP contribution in [0.15, 0.2) is 254 Å². The van der Waals surface area contributed by atoms with Gasteiger partial charge >= 0.3 is 5.88 Å². The van der Waals surface area contributed by atoms with Gasteiger partial charge in [-0.1, -0.05) is 149 Å². The van der Waals surface area contributed by atoms with E-state index in [1.165, 1.54) is 11.1 Å². The van der Waals surface area contributed by atoms with Gasteiger partial charge in [-0.15, -0.1) is 0 Å². The zero-order valence-corrected chi connectivity index (χ0v) is 38.5. The van der Waals surface area contributed by atoms with E-state index in [0.29, 0.717) is 23.3 Å². The summed E-state index contributed by atoms with van der Waals surface area (Å²) in [5.74, 6) is 3.02. The molecule has 0 aliphatic carbocycles. The molecule has 68 heavy (non-hydrogen) atoms. The third-order valence-electron chi connectivity index (χ3n) is 12.4. The van der Waals surface area contributed by atoms with Gasteiger partial charge in [0, 0.05) is 39.2 Å². The van der Waals surface area contributed by atoms with Crippen LogP contribution in [0.1, 0.15) is 49.9 Å². The van der Waals surface area contributed by atoms with E-state index in [4.69, 9.17) is 20.8 Å². The van der Waals surface area contributed by atoms with Crippen molar-refractivity contribution in [1.29, 1.82) is 0 Å². The van der Waals surface area contributed by atoms with E-state index in [2.05, 4.69) is 130 Å². The Morgan fingerprint density at radius 2 is 0.691 bits per heavy atom.